The maximum absolute atomic E-state index is 11.8. The number of carboxylic acid groups (broad SMARTS) is 1. The lowest BCUT2D eigenvalue weighted by Gasteiger charge is -2.13. The first-order chi connectivity index (χ1) is 8.93. The van der Waals surface area contributed by atoms with Crippen LogP contribution in [0.15, 0.2) is 16.9 Å². The number of aromatic amines is 1. The Morgan fingerprint density at radius 2 is 2.16 bits per heavy atom. The molecule has 1 amide bonds. The molecule has 0 bridgehead atoms. The second-order valence-corrected chi connectivity index (χ2v) is 4.75. The van der Waals surface area contributed by atoms with Crippen molar-refractivity contribution in [1.29, 1.82) is 0 Å². The molecule has 1 heterocycles. The van der Waals surface area contributed by atoms with Crippen molar-refractivity contribution in [1.82, 2.24) is 10.3 Å². The summed E-state index contributed by atoms with van der Waals surface area (Å²) < 4.78 is 0. The maximum Gasteiger partial charge on any atom is 0.326 e. The minimum atomic E-state index is -1.14. The lowest BCUT2D eigenvalue weighted by molar-refractivity contribution is -0.139. The first kappa shape index (κ1) is 15.1. The number of nitrogens with one attached hydrogen (secondary N) is 2. The van der Waals surface area contributed by atoms with Crippen LogP contribution in [-0.4, -0.2) is 45.1 Å². The van der Waals surface area contributed by atoms with E-state index in [-0.39, 0.29) is 12.0 Å². The zero-order valence-corrected chi connectivity index (χ0v) is 11.0. The average molecular weight is 286 g/mol. The van der Waals surface area contributed by atoms with Gasteiger partial charge in [-0.25, -0.2) is 4.79 Å². The van der Waals surface area contributed by atoms with Crippen LogP contribution in [-0.2, 0) is 4.79 Å². The Balaban J connectivity index is 2.81. The molecule has 0 spiro atoms. The smallest absolute Gasteiger partial charge is 0.326 e. The van der Waals surface area contributed by atoms with Gasteiger partial charge in [0.05, 0.1) is 5.56 Å². The fourth-order valence-electron chi connectivity index (χ4n) is 1.39. The fourth-order valence-corrected chi connectivity index (χ4v) is 1.87. The number of carboxylic acids is 1. The summed E-state index contributed by atoms with van der Waals surface area (Å²) in [7, 11) is 0. The van der Waals surface area contributed by atoms with Crippen LogP contribution < -0.4 is 10.9 Å². The van der Waals surface area contributed by atoms with E-state index in [0.717, 1.165) is 12.1 Å². The molecule has 0 aliphatic carbocycles. The van der Waals surface area contributed by atoms with Crippen LogP contribution >= 0.6 is 11.8 Å². The summed E-state index contributed by atoms with van der Waals surface area (Å²) in [6.45, 7) is 0. The number of aromatic hydroxyl groups is 1. The van der Waals surface area contributed by atoms with Crippen molar-refractivity contribution < 1.29 is 19.8 Å². The third-order valence-electron chi connectivity index (χ3n) is 2.31. The molecule has 104 valence electrons. The van der Waals surface area contributed by atoms with Gasteiger partial charge in [0.15, 0.2) is 5.88 Å². The largest absolute Gasteiger partial charge is 0.494 e. The van der Waals surface area contributed by atoms with Gasteiger partial charge < -0.3 is 15.5 Å². The minimum absolute atomic E-state index is 0.0864. The molecular weight excluding hydrogens is 272 g/mol. The molecular formula is C11H14N2O5S. The number of pyridine rings is 1. The Hall–Kier alpha value is -1.96. The minimum Gasteiger partial charge on any atom is -0.494 e. The zero-order chi connectivity index (χ0) is 14.4. The van der Waals surface area contributed by atoms with Gasteiger partial charge in [-0.2, -0.15) is 11.8 Å². The van der Waals surface area contributed by atoms with Gasteiger partial charge in [0, 0.05) is 12.1 Å². The highest BCUT2D eigenvalue weighted by atomic mass is 32.2. The number of aliphatic carboxylic acids is 1. The Labute approximate surface area is 113 Å². The number of carbonyl (C=O) groups is 2. The van der Waals surface area contributed by atoms with Crippen molar-refractivity contribution in [2.45, 2.75) is 12.5 Å². The SMILES string of the molecule is CSCC[C@H](NC(=O)c1cc(O)[nH]c(=O)c1)C(=O)O. The number of thioether (sulfide) groups is 1. The summed E-state index contributed by atoms with van der Waals surface area (Å²) in [5.74, 6) is -1.72. The summed E-state index contributed by atoms with van der Waals surface area (Å²) >= 11 is 1.47. The van der Waals surface area contributed by atoms with Crippen molar-refractivity contribution in [3.05, 3.63) is 28.0 Å². The van der Waals surface area contributed by atoms with E-state index in [2.05, 4.69) is 10.3 Å². The standard InChI is InChI=1S/C11H14N2O5S/c1-19-3-2-7(11(17)18)12-10(16)6-4-8(14)13-9(15)5-6/h4-5,7H,2-3H2,1H3,(H,12,16)(H,17,18)(H2,13,14,15)/t7-/m0/s1. The van der Waals surface area contributed by atoms with E-state index in [1.165, 1.54) is 11.8 Å². The Bertz CT molecular complexity index is 528. The molecule has 7 nitrogen and oxygen atoms in total. The third kappa shape index (κ3) is 4.66. The lowest BCUT2D eigenvalue weighted by Crippen LogP contribution is -2.41. The Morgan fingerprint density at radius 3 is 2.68 bits per heavy atom. The predicted molar refractivity (Wildman–Crippen MR) is 70.6 cm³/mol. The highest BCUT2D eigenvalue weighted by Crippen LogP contribution is 2.06. The van der Waals surface area contributed by atoms with Gasteiger partial charge in [-0.1, -0.05) is 0 Å². The van der Waals surface area contributed by atoms with E-state index < -0.39 is 29.4 Å². The molecule has 0 unspecified atom stereocenters. The highest BCUT2D eigenvalue weighted by molar-refractivity contribution is 7.98. The molecule has 8 heteroatoms. The van der Waals surface area contributed by atoms with Gasteiger partial charge >= 0.3 is 5.97 Å². The first-order valence-electron chi connectivity index (χ1n) is 5.40. The normalized spacial score (nSPS) is 11.8. The van der Waals surface area contributed by atoms with Crippen LogP contribution in [0.5, 0.6) is 5.88 Å². The summed E-state index contributed by atoms with van der Waals surface area (Å²) in [6.07, 6.45) is 2.10. The third-order valence-corrected chi connectivity index (χ3v) is 2.95. The fraction of sp³-hybridized carbons (Fsp3) is 0.364. The maximum atomic E-state index is 11.8. The number of hydrogen-bond donors (Lipinski definition) is 4. The second kappa shape index (κ2) is 6.83. The summed E-state index contributed by atoms with van der Waals surface area (Å²) in [5, 5.41) is 20.4. The van der Waals surface area contributed by atoms with Gasteiger partial charge in [-0.3, -0.25) is 14.6 Å². The van der Waals surface area contributed by atoms with Crippen LogP contribution in [0.25, 0.3) is 0 Å². The van der Waals surface area contributed by atoms with E-state index in [1.807, 2.05) is 6.26 Å². The van der Waals surface area contributed by atoms with E-state index in [4.69, 9.17) is 5.11 Å². The summed E-state index contributed by atoms with van der Waals surface area (Å²) in [5.41, 5.74) is -0.724. The van der Waals surface area contributed by atoms with Crippen LogP contribution in [0.1, 0.15) is 16.8 Å². The van der Waals surface area contributed by atoms with Gasteiger partial charge in [-0.15, -0.1) is 0 Å². The van der Waals surface area contributed by atoms with E-state index in [9.17, 15) is 19.5 Å². The number of H-pyrrole nitrogens is 1. The van der Waals surface area contributed by atoms with Crippen molar-refractivity contribution >= 4 is 23.6 Å². The van der Waals surface area contributed by atoms with Crippen LogP contribution in [0.4, 0.5) is 0 Å². The number of amides is 1. The van der Waals surface area contributed by atoms with Gasteiger partial charge in [-0.05, 0) is 18.4 Å². The zero-order valence-electron chi connectivity index (χ0n) is 10.2. The monoisotopic (exact) mass is 286 g/mol. The molecule has 4 N–H and O–H groups in total. The Kier molecular flexibility index (Phi) is 5.43. The van der Waals surface area contributed by atoms with E-state index >= 15 is 0 Å². The first-order valence-corrected chi connectivity index (χ1v) is 6.79. The molecule has 1 aromatic rings. The topological polar surface area (TPSA) is 119 Å². The quantitative estimate of drug-likeness (QED) is 0.585. The molecule has 1 rings (SSSR count). The molecule has 0 saturated heterocycles. The number of aromatic nitrogens is 1. The van der Waals surface area contributed by atoms with Crippen molar-refractivity contribution in [2.75, 3.05) is 12.0 Å². The number of carbonyl (C=O) groups excluding carboxylic acids is 1. The predicted octanol–water partition coefficient (Wildman–Crippen LogP) is 0.0166. The Morgan fingerprint density at radius 1 is 1.47 bits per heavy atom. The molecule has 0 radical (unpaired) electrons. The molecule has 1 atom stereocenters. The van der Waals surface area contributed by atoms with Crippen LogP contribution in [0.3, 0.4) is 0 Å². The van der Waals surface area contributed by atoms with Crippen molar-refractivity contribution in [3.63, 3.8) is 0 Å². The summed E-state index contributed by atoms with van der Waals surface area (Å²) in [4.78, 5) is 35.9. The van der Waals surface area contributed by atoms with Crippen molar-refractivity contribution in [3.8, 4) is 5.88 Å². The number of hydrogen-bond acceptors (Lipinski definition) is 5. The molecule has 0 aliphatic heterocycles. The molecule has 0 aromatic carbocycles. The van der Waals surface area contributed by atoms with Gasteiger partial charge in [0.2, 0.25) is 0 Å². The van der Waals surface area contributed by atoms with Gasteiger partial charge in [0.1, 0.15) is 6.04 Å². The lowest BCUT2D eigenvalue weighted by atomic mass is 10.2. The second-order valence-electron chi connectivity index (χ2n) is 3.76. The summed E-state index contributed by atoms with van der Waals surface area (Å²) in [6, 6.07) is 1.02. The van der Waals surface area contributed by atoms with Crippen LogP contribution in [0, 0.1) is 0 Å². The number of rotatable bonds is 6. The molecule has 1 aromatic heterocycles. The highest BCUT2D eigenvalue weighted by Gasteiger charge is 2.20. The van der Waals surface area contributed by atoms with Gasteiger partial charge in [0.25, 0.3) is 11.5 Å². The van der Waals surface area contributed by atoms with E-state index in [1.54, 1.807) is 0 Å². The molecule has 0 aliphatic rings. The average Bonchev–Trinajstić information content (AvgIpc) is 2.32. The van der Waals surface area contributed by atoms with Crippen molar-refractivity contribution in [2.24, 2.45) is 0 Å². The molecule has 0 saturated carbocycles. The van der Waals surface area contributed by atoms with E-state index in [0.29, 0.717) is 5.75 Å². The molecule has 0 fully saturated rings. The molecule has 19 heavy (non-hydrogen) atoms. The van der Waals surface area contributed by atoms with Crippen LogP contribution in [0.2, 0.25) is 0 Å².